The Morgan fingerprint density at radius 3 is 2.70 bits per heavy atom. The highest BCUT2D eigenvalue weighted by molar-refractivity contribution is 4.89. The average molecular weight is 141 g/mol. The van der Waals surface area contributed by atoms with Crippen molar-refractivity contribution < 1.29 is 5.11 Å². The van der Waals surface area contributed by atoms with E-state index in [1.807, 2.05) is 6.08 Å². The van der Waals surface area contributed by atoms with Crippen molar-refractivity contribution in [1.82, 2.24) is 0 Å². The zero-order chi connectivity index (χ0) is 7.56. The van der Waals surface area contributed by atoms with Crippen LogP contribution in [0.3, 0.4) is 0 Å². The van der Waals surface area contributed by atoms with Crippen molar-refractivity contribution in [2.45, 2.75) is 31.4 Å². The summed E-state index contributed by atoms with van der Waals surface area (Å²) in [6, 6.07) is -0.00352. The summed E-state index contributed by atoms with van der Waals surface area (Å²) < 4.78 is 0. The second-order valence-electron chi connectivity index (χ2n) is 3.04. The molecule has 10 heavy (non-hydrogen) atoms. The summed E-state index contributed by atoms with van der Waals surface area (Å²) in [6.07, 6.45) is 4.41. The van der Waals surface area contributed by atoms with E-state index in [-0.39, 0.29) is 12.1 Å². The second kappa shape index (κ2) is 3.17. The highest BCUT2D eigenvalue weighted by Gasteiger charge is 2.24. The molecule has 0 spiro atoms. The molecule has 0 bridgehead atoms. The lowest BCUT2D eigenvalue weighted by Crippen LogP contribution is -2.39. The van der Waals surface area contributed by atoms with Gasteiger partial charge in [0.2, 0.25) is 0 Å². The first kappa shape index (κ1) is 7.76. The van der Waals surface area contributed by atoms with Crippen molar-refractivity contribution in [2.24, 2.45) is 11.7 Å². The molecule has 0 aliphatic heterocycles. The summed E-state index contributed by atoms with van der Waals surface area (Å²) >= 11 is 0. The standard InChI is InChI=1S/C8H15NO/c1-2-6-3-4-7(9)8(10)5-6/h2,6-8,10H,1,3-5,9H2. The molecule has 0 aromatic carbocycles. The Hall–Kier alpha value is -0.340. The molecule has 0 saturated heterocycles. The molecule has 1 fully saturated rings. The summed E-state index contributed by atoms with van der Waals surface area (Å²) in [5, 5.41) is 9.31. The third kappa shape index (κ3) is 1.58. The Balaban J connectivity index is 2.40. The Kier molecular flexibility index (Phi) is 2.46. The molecule has 3 unspecified atom stereocenters. The lowest BCUT2D eigenvalue weighted by Gasteiger charge is -2.28. The van der Waals surface area contributed by atoms with Crippen molar-refractivity contribution in [3.63, 3.8) is 0 Å². The van der Waals surface area contributed by atoms with E-state index in [1.54, 1.807) is 0 Å². The fraction of sp³-hybridized carbons (Fsp3) is 0.750. The first-order valence-electron chi connectivity index (χ1n) is 3.80. The molecule has 1 aliphatic carbocycles. The lowest BCUT2D eigenvalue weighted by atomic mass is 9.84. The van der Waals surface area contributed by atoms with Crippen LogP contribution in [0.15, 0.2) is 12.7 Å². The Labute approximate surface area is 61.7 Å². The lowest BCUT2D eigenvalue weighted by molar-refractivity contribution is 0.0921. The Bertz CT molecular complexity index is 124. The van der Waals surface area contributed by atoms with Crippen molar-refractivity contribution >= 4 is 0 Å². The van der Waals surface area contributed by atoms with Crippen LogP contribution in [-0.4, -0.2) is 17.3 Å². The van der Waals surface area contributed by atoms with Gasteiger partial charge in [0.1, 0.15) is 0 Å². The monoisotopic (exact) mass is 141 g/mol. The number of allylic oxidation sites excluding steroid dienone is 1. The molecule has 1 saturated carbocycles. The van der Waals surface area contributed by atoms with Crippen LogP contribution in [0.2, 0.25) is 0 Å². The van der Waals surface area contributed by atoms with Gasteiger partial charge in [0.25, 0.3) is 0 Å². The summed E-state index contributed by atoms with van der Waals surface area (Å²) in [6.45, 7) is 3.69. The molecule has 0 heterocycles. The minimum Gasteiger partial charge on any atom is -0.391 e. The smallest absolute Gasteiger partial charge is 0.0696 e. The minimum atomic E-state index is -0.309. The number of aliphatic hydroxyl groups excluding tert-OH is 1. The summed E-state index contributed by atoms with van der Waals surface area (Å²) in [7, 11) is 0. The van der Waals surface area contributed by atoms with Gasteiger partial charge in [-0.1, -0.05) is 6.08 Å². The van der Waals surface area contributed by atoms with Gasteiger partial charge < -0.3 is 10.8 Å². The van der Waals surface area contributed by atoms with Crippen molar-refractivity contribution in [3.05, 3.63) is 12.7 Å². The third-order valence-electron chi connectivity index (χ3n) is 2.24. The molecule has 0 aromatic heterocycles. The summed E-state index contributed by atoms with van der Waals surface area (Å²) in [5.74, 6) is 0.481. The van der Waals surface area contributed by atoms with Crippen LogP contribution in [0.5, 0.6) is 0 Å². The molecule has 2 heteroatoms. The first-order chi connectivity index (χ1) is 4.74. The fourth-order valence-corrected chi connectivity index (χ4v) is 1.42. The number of nitrogens with two attached hydrogens (primary N) is 1. The second-order valence-corrected chi connectivity index (χ2v) is 3.04. The van der Waals surface area contributed by atoms with Crippen LogP contribution in [0.1, 0.15) is 19.3 Å². The van der Waals surface area contributed by atoms with Gasteiger partial charge in [-0.25, -0.2) is 0 Å². The van der Waals surface area contributed by atoms with Crippen LogP contribution in [-0.2, 0) is 0 Å². The Morgan fingerprint density at radius 1 is 1.50 bits per heavy atom. The zero-order valence-corrected chi connectivity index (χ0v) is 6.16. The normalized spacial score (nSPS) is 41.2. The zero-order valence-electron chi connectivity index (χ0n) is 6.16. The molecular weight excluding hydrogens is 126 g/mol. The van der Waals surface area contributed by atoms with E-state index in [4.69, 9.17) is 5.73 Å². The molecule has 0 radical (unpaired) electrons. The van der Waals surface area contributed by atoms with Crippen LogP contribution >= 0.6 is 0 Å². The number of aliphatic hydroxyl groups is 1. The predicted octanol–water partition coefficient (Wildman–Crippen LogP) is 0.661. The maximum Gasteiger partial charge on any atom is 0.0696 e. The molecule has 0 aromatic rings. The summed E-state index contributed by atoms with van der Waals surface area (Å²) in [4.78, 5) is 0. The largest absolute Gasteiger partial charge is 0.391 e. The van der Waals surface area contributed by atoms with Crippen LogP contribution in [0, 0.1) is 5.92 Å². The molecule has 2 nitrogen and oxygen atoms in total. The molecule has 58 valence electrons. The third-order valence-corrected chi connectivity index (χ3v) is 2.24. The molecular formula is C8H15NO. The van der Waals surface area contributed by atoms with Crippen LogP contribution < -0.4 is 5.73 Å². The van der Waals surface area contributed by atoms with Gasteiger partial charge >= 0.3 is 0 Å². The summed E-state index contributed by atoms with van der Waals surface area (Å²) in [5.41, 5.74) is 5.61. The van der Waals surface area contributed by atoms with E-state index >= 15 is 0 Å². The molecule has 0 amide bonds. The van der Waals surface area contributed by atoms with Gasteiger partial charge in [-0.15, -0.1) is 6.58 Å². The molecule has 1 aliphatic rings. The van der Waals surface area contributed by atoms with Gasteiger partial charge in [-0.2, -0.15) is 0 Å². The van der Waals surface area contributed by atoms with E-state index in [1.165, 1.54) is 0 Å². The van der Waals surface area contributed by atoms with Crippen LogP contribution in [0.4, 0.5) is 0 Å². The average Bonchev–Trinajstić information content (AvgIpc) is 1.95. The molecule has 3 N–H and O–H groups in total. The van der Waals surface area contributed by atoms with Gasteiger partial charge in [0.05, 0.1) is 6.10 Å². The minimum absolute atomic E-state index is 0.00352. The van der Waals surface area contributed by atoms with E-state index in [0.29, 0.717) is 5.92 Å². The van der Waals surface area contributed by atoms with Crippen molar-refractivity contribution in [3.8, 4) is 0 Å². The number of hydrogen-bond donors (Lipinski definition) is 2. The maximum absolute atomic E-state index is 9.31. The topological polar surface area (TPSA) is 46.2 Å². The van der Waals surface area contributed by atoms with E-state index in [9.17, 15) is 5.11 Å². The predicted molar refractivity (Wildman–Crippen MR) is 41.5 cm³/mol. The quantitative estimate of drug-likeness (QED) is 0.527. The van der Waals surface area contributed by atoms with Gasteiger partial charge in [-0.3, -0.25) is 0 Å². The maximum atomic E-state index is 9.31. The van der Waals surface area contributed by atoms with Crippen molar-refractivity contribution in [2.75, 3.05) is 0 Å². The number of hydrogen-bond acceptors (Lipinski definition) is 2. The van der Waals surface area contributed by atoms with E-state index in [0.717, 1.165) is 19.3 Å². The molecule has 3 atom stereocenters. The number of rotatable bonds is 1. The first-order valence-corrected chi connectivity index (χ1v) is 3.80. The van der Waals surface area contributed by atoms with Gasteiger partial charge in [-0.05, 0) is 25.2 Å². The fourth-order valence-electron chi connectivity index (χ4n) is 1.42. The Morgan fingerprint density at radius 2 is 2.20 bits per heavy atom. The van der Waals surface area contributed by atoms with Crippen molar-refractivity contribution in [1.29, 1.82) is 0 Å². The highest BCUT2D eigenvalue weighted by atomic mass is 16.3. The SMILES string of the molecule is C=CC1CCC(N)C(O)C1. The van der Waals surface area contributed by atoms with Crippen LogP contribution in [0.25, 0.3) is 0 Å². The van der Waals surface area contributed by atoms with Gasteiger partial charge in [0, 0.05) is 6.04 Å². The molecule has 1 rings (SSSR count). The van der Waals surface area contributed by atoms with E-state index < -0.39 is 0 Å². The van der Waals surface area contributed by atoms with E-state index in [2.05, 4.69) is 6.58 Å². The van der Waals surface area contributed by atoms with Gasteiger partial charge in [0.15, 0.2) is 0 Å². The highest BCUT2D eigenvalue weighted by Crippen LogP contribution is 2.23.